The first-order valence-corrected chi connectivity index (χ1v) is 5.29. The molecule has 96 valence electrons. The molecule has 0 aliphatic rings. The van der Waals surface area contributed by atoms with E-state index in [-0.39, 0.29) is 23.2 Å². The van der Waals surface area contributed by atoms with Crippen molar-refractivity contribution in [1.29, 1.82) is 0 Å². The van der Waals surface area contributed by atoms with E-state index in [1.165, 1.54) is 12.1 Å². The van der Waals surface area contributed by atoms with Crippen LogP contribution in [0.2, 0.25) is 0 Å². The predicted molar refractivity (Wildman–Crippen MR) is 59.3 cm³/mol. The number of rotatable bonds is 2. The van der Waals surface area contributed by atoms with E-state index in [0.717, 1.165) is 12.1 Å². The van der Waals surface area contributed by atoms with Crippen LogP contribution >= 0.6 is 0 Å². The molecule has 1 aromatic heterocycles. The first-order chi connectivity index (χ1) is 8.43. The van der Waals surface area contributed by atoms with E-state index in [9.17, 15) is 18.0 Å². The van der Waals surface area contributed by atoms with Gasteiger partial charge in [0, 0.05) is 10.9 Å². The number of fused-ring (bicyclic) bond motifs is 1. The number of carbonyl (C=O) groups is 1. The van der Waals surface area contributed by atoms with E-state index in [2.05, 4.69) is 4.98 Å². The fourth-order valence-corrected chi connectivity index (χ4v) is 1.72. The zero-order valence-corrected chi connectivity index (χ0v) is 9.47. The zero-order chi connectivity index (χ0) is 13.3. The molecule has 0 fully saturated rings. The van der Waals surface area contributed by atoms with Gasteiger partial charge in [0.25, 0.3) is 0 Å². The van der Waals surface area contributed by atoms with Gasteiger partial charge >= 0.3 is 12.1 Å². The minimum Gasteiger partial charge on any atom is -0.461 e. The number of halogens is 3. The summed E-state index contributed by atoms with van der Waals surface area (Å²) in [6.07, 6.45) is -4.45. The van der Waals surface area contributed by atoms with Crippen molar-refractivity contribution in [2.45, 2.75) is 13.1 Å². The van der Waals surface area contributed by atoms with Crippen LogP contribution in [0.15, 0.2) is 24.3 Å². The first-order valence-electron chi connectivity index (χ1n) is 5.29. The maximum Gasteiger partial charge on any atom is 0.417 e. The number of aromatic nitrogens is 1. The lowest BCUT2D eigenvalue weighted by Gasteiger charge is -2.06. The van der Waals surface area contributed by atoms with E-state index in [0.29, 0.717) is 0 Å². The number of alkyl halides is 3. The zero-order valence-electron chi connectivity index (χ0n) is 9.47. The van der Waals surface area contributed by atoms with Crippen molar-refractivity contribution in [1.82, 2.24) is 4.98 Å². The lowest BCUT2D eigenvalue weighted by Crippen LogP contribution is -2.05. The SMILES string of the molecule is CCOC(=O)c1cc2c(C(F)(F)F)cccc2[nH]1. The molecule has 0 bridgehead atoms. The molecule has 0 amide bonds. The van der Waals surface area contributed by atoms with Crippen LogP contribution in [0.4, 0.5) is 13.2 Å². The molecule has 0 saturated carbocycles. The minimum atomic E-state index is -4.45. The number of aromatic amines is 1. The van der Waals surface area contributed by atoms with Crippen LogP contribution in [-0.2, 0) is 10.9 Å². The molecule has 0 atom stereocenters. The fourth-order valence-electron chi connectivity index (χ4n) is 1.72. The van der Waals surface area contributed by atoms with Gasteiger partial charge in [0.05, 0.1) is 12.2 Å². The molecule has 0 spiro atoms. The van der Waals surface area contributed by atoms with Crippen LogP contribution in [0.25, 0.3) is 10.9 Å². The van der Waals surface area contributed by atoms with Gasteiger partial charge in [-0.25, -0.2) is 4.79 Å². The molecule has 0 radical (unpaired) electrons. The molecule has 0 aliphatic heterocycles. The fraction of sp³-hybridized carbons (Fsp3) is 0.250. The Labute approximate surface area is 101 Å². The number of hydrogen-bond acceptors (Lipinski definition) is 2. The minimum absolute atomic E-state index is 0.0172. The third-order valence-corrected chi connectivity index (χ3v) is 2.46. The monoisotopic (exact) mass is 257 g/mol. The second-order valence-corrected chi connectivity index (χ2v) is 3.67. The topological polar surface area (TPSA) is 42.1 Å². The molecular weight excluding hydrogens is 247 g/mol. The summed E-state index contributed by atoms with van der Waals surface area (Å²) < 4.78 is 43.0. The third-order valence-electron chi connectivity index (χ3n) is 2.46. The van der Waals surface area contributed by atoms with Crippen molar-refractivity contribution in [2.24, 2.45) is 0 Å². The Kier molecular flexibility index (Phi) is 3.02. The predicted octanol–water partition coefficient (Wildman–Crippen LogP) is 3.36. The van der Waals surface area contributed by atoms with Gasteiger partial charge in [-0.1, -0.05) is 6.07 Å². The highest BCUT2D eigenvalue weighted by Crippen LogP contribution is 2.35. The Morgan fingerprint density at radius 3 is 2.72 bits per heavy atom. The number of carbonyl (C=O) groups excluding carboxylic acids is 1. The molecule has 0 unspecified atom stereocenters. The van der Waals surface area contributed by atoms with Gasteiger partial charge in [-0.15, -0.1) is 0 Å². The average Bonchev–Trinajstić information content (AvgIpc) is 2.71. The summed E-state index contributed by atoms with van der Waals surface area (Å²) in [6, 6.07) is 4.91. The summed E-state index contributed by atoms with van der Waals surface area (Å²) in [5.74, 6) is -0.665. The quantitative estimate of drug-likeness (QED) is 0.838. The van der Waals surface area contributed by atoms with Gasteiger partial charge in [-0.2, -0.15) is 13.2 Å². The lowest BCUT2D eigenvalue weighted by atomic mass is 10.1. The maximum absolute atomic E-state index is 12.7. The molecule has 6 heteroatoms. The summed E-state index contributed by atoms with van der Waals surface area (Å²) in [5.41, 5.74) is -0.497. The van der Waals surface area contributed by atoms with Crippen molar-refractivity contribution in [3.8, 4) is 0 Å². The molecular formula is C12H10F3NO2. The highest BCUT2D eigenvalue weighted by molar-refractivity contribution is 5.96. The van der Waals surface area contributed by atoms with E-state index >= 15 is 0 Å². The van der Waals surface area contributed by atoms with Gasteiger partial charge in [-0.05, 0) is 25.1 Å². The largest absolute Gasteiger partial charge is 0.461 e. The standard InChI is InChI=1S/C12H10F3NO2/c1-2-18-11(17)10-6-7-8(12(13,14)15)4-3-5-9(7)16-10/h3-6,16H,2H2,1H3. The number of esters is 1. The summed E-state index contributed by atoms with van der Waals surface area (Å²) in [5, 5.41) is -0.0342. The number of ether oxygens (including phenoxy) is 1. The van der Waals surface area contributed by atoms with Crippen molar-refractivity contribution < 1.29 is 22.7 Å². The molecule has 0 saturated heterocycles. The Morgan fingerprint density at radius 2 is 2.11 bits per heavy atom. The number of nitrogens with one attached hydrogen (secondary N) is 1. The summed E-state index contributed by atoms with van der Waals surface area (Å²) >= 11 is 0. The number of hydrogen-bond donors (Lipinski definition) is 1. The molecule has 18 heavy (non-hydrogen) atoms. The van der Waals surface area contributed by atoms with Gasteiger partial charge in [-0.3, -0.25) is 0 Å². The summed E-state index contributed by atoms with van der Waals surface area (Å²) in [4.78, 5) is 14.1. The van der Waals surface area contributed by atoms with E-state index in [4.69, 9.17) is 4.74 Å². The van der Waals surface area contributed by atoms with Gasteiger partial charge in [0.15, 0.2) is 0 Å². The first kappa shape index (κ1) is 12.5. The molecule has 2 rings (SSSR count). The van der Waals surface area contributed by atoms with Crippen LogP contribution in [0.5, 0.6) is 0 Å². The van der Waals surface area contributed by atoms with Crippen LogP contribution in [0, 0.1) is 0 Å². The second kappa shape index (κ2) is 4.36. The van der Waals surface area contributed by atoms with E-state index in [1.807, 2.05) is 0 Å². The van der Waals surface area contributed by atoms with E-state index < -0.39 is 17.7 Å². The Bertz CT molecular complexity index is 587. The Hall–Kier alpha value is -1.98. The van der Waals surface area contributed by atoms with Crippen molar-refractivity contribution in [2.75, 3.05) is 6.61 Å². The van der Waals surface area contributed by atoms with Crippen LogP contribution in [-0.4, -0.2) is 17.6 Å². The average molecular weight is 257 g/mol. The van der Waals surface area contributed by atoms with Gasteiger partial charge in [0.1, 0.15) is 5.69 Å². The van der Waals surface area contributed by atoms with Crippen LogP contribution < -0.4 is 0 Å². The maximum atomic E-state index is 12.7. The van der Waals surface area contributed by atoms with Crippen LogP contribution in [0.1, 0.15) is 23.0 Å². The second-order valence-electron chi connectivity index (χ2n) is 3.67. The third kappa shape index (κ3) is 2.18. The molecule has 1 aromatic carbocycles. The van der Waals surface area contributed by atoms with Gasteiger partial charge in [0.2, 0.25) is 0 Å². The molecule has 3 nitrogen and oxygen atoms in total. The van der Waals surface area contributed by atoms with Crippen molar-refractivity contribution in [3.63, 3.8) is 0 Å². The van der Waals surface area contributed by atoms with Crippen molar-refractivity contribution >= 4 is 16.9 Å². The molecule has 0 aliphatic carbocycles. The lowest BCUT2D eigenvalue weighted by molar-refractivity contribution is -0.136. The highest BCUT2D eigenvalue weighted by Gasteiger charge is 2.33. The van der Waals surface area contributed by atoms with Gasteiger partial charge < -0.3 is 9.72 Å². The van der Waals surface area contributed by atoms with E-state index in [1.54, 1.807) is 6.92 Å². The summed E-state index contributed by atoms with van der Waals surface area (Å²) in [6.45, 7) is 1.79. The number of H-pyrrole nitrogens is 1. The highest BCUT2D eigenvalue weighted by atomic mass is 19.4. The molecule has 1 N–H and O–H groups in total. The normalized spacial score (nSPS) is 11.8. The smallest absolute Gasteiger partial charge is 0.417 e. The molecule has 2 aromatic rings. The van der Waals surface area contributed by atoms with Crippen LogP contribution in [0.3, 0.4) is 0 Å². The Balaban J connectivity index is 2.55. The number of benzene rings is 1. The molecule has 1 heterocycles. The summed E-state index contributed by atoms with van der Waals surface area (Å²) in [7, 11) is 0. The van der Waals surface area contributed by atoms with Crippen molar-refractivity contribution in [3.05, 3.63) is 35.5 Å². The Morgan fingerprint density at radius 1 is 1.39 bits per heavy atom.